The van der Waals surface area contributed by atoms with Gasteiger partial charge in [0, 0.05) is 43.6 Å². The lowest BCUT2D eigenvalue weighted by Gasteiger charge is -2.38. The summed E-state index contributed by atoms with van der Waals surface area (Å²) in [5.74, 6) is -2.05. The van der Waals surface area contributed by atoms with Crippen molar-refractivity contribution in [1.29, 1.82) is 0 Å². The van der Waals surface area contributed by atoms with Crippen molar-refractivity contribution in [2.45, 2.75) is 58.5 Å². The fourth-order valence-electron chi connectivity index (χ4n) is 5.44. The fourth-order valence-corrected chi connectivity index (χ4v) is 5.44. The van der Waals surface area contributed by atoms with Gasteiger partial charge in [-0.15, -0.1) is 0 Å². The highest BCUT2D eigenvalue weighted by Gasteiger charge is 2.32. The molecule has 1 aliphatic heterocycles. The second-order valence-electron chi connectivity index (χ2n) is 9.87. The summed E-state index contributed by atoms with van der Waals surface area (Å²) in [6, 6.07) is 4.80. The van der Waals surface area contributed by atoms with E-state index >= 15 is 0 Å². The lowest BCUT2D eigenvalue weighted by atomic mass is 9.89. The molecule has 194 valence electrons. The average Bonchev–Trinajstić information content (AvgIpc) is 3.09. The van der Waals surface area contributed by atoms with Gasteiger partial charge in [-0.2, -0.15) is 0 Å². The van der Waals surface area contributed by atoms with Gasteiger partial charge in [0.1, 0.15) is 5.82 Å². The molecule has 0 radical (unpaired) electrons. The fraction of sp³-hybridized carbons (Fsp3) is 0.519. The quantitative estimate of drug-likeness (QED) is 0.471. The first-order chi connectivity index (χ1) is 17.2. The number of nitrogens with one attached hydrogen (secondary N) is 2. The maximum Gasteiger partial charge on any atom is 0.294 e. The van der Waals surface area contributed by atoms with Crippen LogP contribution in [0.3, 0.4) is 0 Å². The maximum atomic E-state index is 13.6. The SMILES string of the molecule is Cc1cc(NC(=O)c2c(C)c(C(=O)C(=O)N[C@H]3CC[C@@H](N4CCOCC4)CC3)n(C)c2C)ccc1F. The monoisotopic (exact) mass is 498 g/mol. The number of halogens is 1. The number of amides is 2. The van der Waals surface area contributed by atoms with Crippen LogP contribution in [0.4, 0.5) is 10.1 Å². The Labute approximate surface area is 211 Å². The third-order valence-corrected chi connectivity index (χ3v) is 7.59. The molecule has 1 aromatic heterocycles. The lowest BCUT2D eigenvalue weighted by molar-refractivity contribution is -0.118. The van der Waals surface area contributed by atoms with Crippen molar-refractivity contribution in [2.75, 3.05) is 31.6 Å². The first-order valence-corrected chi connectivity index (χ1v) is 12.6. The molecule has 2 amide bonds. The first-order valence-electron chi connectivity index (χ1n) is 12.6. The Morgan fingerprint density at radius 3 is 2.33 bits per heavy atom. The maximum absolute atomic E-state index is 13.6. The minimum Gasteiger partial charge on any atom is -0.379 e. The van der Waals surface area contributed by atoms with Gasteiger partial charge >= 0.3 is 0 Å². The second-order valence-corrected chi connectivity index (χ2v) is 9.87. The number of aryl methyl sites for hydroxylation is 1. The molecule has 36 heavy (non-hydrogen) atoms. The van der Waals surface area contributed by atoms with Crippen molar-refractivity contribution >= 4 is 23.3 Å². The lowest BCUT2D eigenvalue weighted by Crippen LogP contribution is -2.48. The number of nitrogens with zero attached hydrogens (tertiary/aromatic N) is 2. The smallest absolute Gasteiger partial charge is 0.294 e. The average molecular weight is 499 g/mol. The molecule has 1 aliphatic carbocycles. The summed E-state index contributed by atoms with van der Waals surface area (Å²) in [6.45, 7) is 8.46. The minimum absolute atomic E-state index is 0.0371. The highest BCUT2D eigenvalue weighted by Crippen LogP contribution is 2.26. The number of hydrogen-bond donors (Lipinski definition) is 2. The van der Waals surface area contributed by atoms with Crippen LogP contribution in [-0.2, 0) is 16.6 Å². The Morgan fingerprint density at radius 2 is 1.69 bits per heavy atom. The van der Waals surface area contributed by atoms with E-state index in [1.807, 2.05) is 0 Å². The van der Waals surface area contributed by atoms with Gasteiger partial charge in [-0.05, 0) is 75.8 Å². The Kier molecular flexibility index (Phi) is 7.90. The van der Waals surface area contributed by atoms with Crippen molar-refractivity contribution in [3.8, 4) is 0 Å². The number of ether oxygens (including phenoxy) is 1. The van der Waals surface area contributed by atoms with Crippen molar-refractivity contribution in [1.82, 2.24) is 14.8 Å². The summed E-state index contributed by atoms with van der Waals surface area (Å²) in [4.78, 5) is 41.6. The van der Waals surface area contributed by atoms with E-state index < -0.39 is 17.6 Å². The molecule has 0 spiro atoms. The van der Waals surface area contributed by atoms with E-state index in [1.54, 1.807) is 38.5 Å². The predicted octanol–water partition coefficient (Wildman–Crippen LogP) is 3.28. The third kappa shape index (κ3) is 5.37. The summed E-state index contributed by atoms with van der Waals surface area (Å²) in [6.07, 6.45) is 3.62. The van der Waals surface area contributed by atoms with E-state index in [0.29, 0.717) is 34.1 Å². The molecule has 0 atom stereocenters. The molecule has 2 heterocycles. The number of anilines is 1. The summed E-state index contributed by atoms with van der Waals surface area (Å²) in [5, 5.41) is 5.69. The minimum atomic E-state index is -0.648. The number of morpholine rings is 1. The predicted molar refractivity (Wildman–Crippen MR) is 135 cm³/mol. The molecule has 2 aromatic rings. The van der Waals surface area contributed by atoms with Gasteiger partial charge in [-0.25, -0.2) is 4.39 Å². The largest absolute Gasteiger partial charge is 0.379 e. The molecule has 8 nitrogen and oxygen atoms in total. The highest BCUT2D eigenvalue weighted by molar-refractivity contribution is 6.43. The number of ketones is 1. The van der Waals surface area contributed by atoms with Crippen LogP contribution < -0.4 is 10.6 Å². The number of benzene rings is 1. The van der Waals surface area contributed by atoms with E-state index in [0.717, 1.165) is 52.0 Å². The summed E-state index contributed by atoms with van der Waals surface area (Å²) in [7, 11) is 1.68. The summed E-state index contributed by atoms with van der Waals surface area (Å²) < 4.78 is 20.6. The molecule has 0 bridgehead atoms. The van der Waals surface area contributed by atoms with Gasteiger partial charge in [0.15, 0.2) is 0 Å². The molecule has 1 aromatic carbocycles. The Morgan fingerprint density at radius 1 is 1.03 bits per heavy atom. The van der Waals surface area contributed by atoms with Crippen molar-refractivity contribution in [3.05, 3.63) is 52.1 Å². The molecular weight excluding hydrogens is 463 g/mol. The van der Waals surface area contributed by atoms with Gasteiger partial charge in [0.2, 0.25) is 0 Å². The molecule has 4 rings (SSSR count). The van der Waals surface area contributed by atoms with Crippen LogP contribution >= 0.6 is 0 Å². The van der Waals surface area contributed by atoms with Crippen molar-refractivity contribution in [2.24, 2.45) is 7.05 Å². The normalized spacial score (nSPS) is 20.7. The van der Waals surface area contributed by atoms with Crippen LogP contribution in [0, 0.1) is 26.6 Å². The van der Waals surface area contributed by atoms with Crippen LogP contribution in [-0.4, -0.2) is 65.5 Å². The van der Waals surface area contributed by atoms with E-state index in [9.17, 15) is 18.8 Å². The topological polar surface area (TPSA) is 92.7 Å². The first kappa shape index (κ1) is 26.0. The van der Waals surface area contributed by atoms with E-state index in [1.165, 1.54) is 12.1 Å². The third-order valence-electron chi connectivity index (χ3n) is 7.59. The van der Waals surface area contributed by atoms with Crippen LogP contribution in [0.25, 0.3) is 0 Å². The van der Waals surface area contributed by atoms with Gasteiger partial charge in [-0.1, -0.05) is 0 Å². The van der Waals surface area contributed by atoms with Crippen LogP contribution in [0.1, 0.15) is 63.4 Å². The number of Topliss-reactive ketones (excluding diaryl/α,β-unsaturated/α-hetero) is 1. The molecule has 1 saturated carbocycles. The second kappa shape index (κ2) is 10.9. The zero-order valence-electron chi connectivity index (χ0n) is 21.4. The standard InChI is InChI=1S/C27H35FN4O4/c1-16-15-20(7-10-22(16)28)30-26(34)23-17(2)24(31(4)18(23)3)25(33)27(35)29-19-5-8-21(9-6-19)32-11-13-36-14-12-32/h7,10,15,19,21H,5-6,8-9,11-14H2,1-4H3,(H,29,35)(H,30,34)/t19-,21+. The zero-order valence-corrected chi connectivity index (χ0v) is 21.4. The Balaban J connectivity index is 1.41. The van der Waals surface area contributed by atoms with Crippen LogP contribution in [0.2, 0.25) is 0 Å². The highest BCUT2D eigenvalue weighted by atomic mass is 19.1. The number of carbonyl (C=O) groups excluding carboxylic acids is 3. The molecule has 2 fully saturated rings. The number of aromatic nitrogens is 1. The number of rotatable bonds is 6. The van der Waals surface area contributed by atoms with Crippen molar-refractivity contribution < 1.29 is 23.5 Å². The molecule has 9 heteroatoms. The van der Waals surface area contributed by atoms with Crippen LogP contribution in [0.15, 0.2) is 18.2 Å². The van der Waals surface area contributed by atoms with Gasteiger partial charge in [-0.3, -0.25) is 19.3 Å². The molecule has 2 N–H and O–H groups in total. The summed E-state index contributed by atoms with van der Waals surface area (Å²) in [5.41, 5.74) is 2.43. The molecular formula is C27H35FN4O4. The summed E-state index contributed by atoms with van der Waals surface area (Å²) >= 11 is 0. The number of hydrogen-bond acceptors (Lipinski definition) is 5. The van der Waals surface area contributed by atoms with Crippen molar-refractivity contribution in [3.63, 3.8) is 0 Å². The van der Waals surface area contributed by atoms with E-state index in [2.05, 4.69) is 15.5 Å². The van der Waals surface area contributed by atoms with Gasteiger partial charge in [0.25, 0.3) is 17.6 Å². The number of carbonyl (C=O) groups is 3. The van der Waals surface area contributed by atoms with Crippen LogP contribution in [0.5, 0.6) is 0 Å². The van der Waals surface area contributed by atoms with E-state index in [-0.39, 0.29) is 17.6 Å². The molecule has 0 unspecified atom stereocenters. The molecule has 1 saturated heterocycles. The van der Waals surface area contributed by atoms with E-state index in [4.69, 9.17) is 4.74 Å². The molecule has 2 aliphatic rings. The van der Waals surface area contributed by atoms with Gasteiger partial charge < -0.3 is 19.9 Å². The zero-order chi connectivity index (χ0) is 26.0. The Bertz CT molecular complexity index is 1160. The Hall–Kier alpha value is -3.04. The van der Waals surface area contributed by atoms with Gasteiger partial charge in [0.05, 0.1) is 24.5 Å².